The maximum absolute atomic E-state index is 12.1. The fourth-order valence-corrected chi connectivity index (χ4v) is 2.09. The van der Waals surface area contributed by atoms with Crippen molar-refractivity contribution in [2.24, 2.45) is 5.41 Å². The molecule has 0 radical (unpaired) electrons. The Morgan fingerprint density at radius 1 is 1.25 bits per heavy atom. The van der Waals surface area contributed by atoms with E-state index in [4.69, 9.17) is 11.6 Å². The number of amides is 2. The number of hydrogen-bond donors (Lipinski definition) is 1. The number of halogens is 4. The highest BCUT2D eigenvalue weighted by atomic mass is 35.5. The molecule has 1 aliphatic heterocycles. The van der Waals surface area contributed by atoms with Crippen molar-refractivity contribution in [2.75, 3.05) is 19.0 Å². The predicted molar refractivity (Wildman–Crippen MR) is 68.3 cm³/mol. The Kier molecular flexibility index (Phi) is 5.29. The highest BCUT2D eigenvalue weighted by Gasteiger charge is 2.40. The first kappa shape index (κ1) is 17.1. The number of likely N-dealkylation sites (tertiary alicyclic amines) is 1. The molecule has 0 atom stereocenters. The monoisotopic (exact) mass is 314 g/mol. The number of alkyl halides is 4. The molecule has 0 unspecified atom stereocenters. The van der Waals surface area contributed by atoms with E-state index in [9.17, 15) is 22.8 Å². The molecule has 0 spiro atoms. The van der Waals surface area contributed by atoms with E-state index >= 15 is 0 Å². The number of piperidine rings is 1. The minimum absolute atomic E-state index is 0.118. The molecule has 0 bridgehead atoms. The Balaban J connectivity index is 2.49. The van der Waals surface area contributed by atoms with Gasteiger partial charge in [0.05, 0.1) is 5.41 Å². The zero-order valence-corrected chi connectivity index (χ0v) is 12.1. The third kappa shape index (κ3) is 4.26. The number of rotatable bonds is 3. The van der Waals surface area contributed by atoms with Crippen LogP contribution < -0.4 is 5.32 Å². The summed E-state index contributed by atoms with van der Waals surface area (Å²) in [6.45, 7) is 4.09. The van der Waals surface area contributed by atoms with Crippen molar-refractivity contribution in [3.63, 3.8) is 0 Å². The minimum Gasteiger partial charge on any atom is -0.345 e. The first-order chi connectivity index (χ1) is 9.08. The van der Waals surface area contributed by atoms with Gasteiger partial charge in [-0.25, -0.2) is 0 Å². The van der Waals surface area contributed by atoms with Crippen LogP contribution >= 0.6 is 11.6 Å². The fraction of sp³-hybridized carbons (Fsp3) is 0.833. The van der Waals surface area contributed by atoms with E-state index in [2.05, 4.69) is 0 Å². The molecule has 0 aromatic carbocycles. The largest absolute Gasteiger partial charge is 0.471 e. The van der Waals surface area contributed by atoms with Crippen LogP contribution in [0.4, 0.5) is 13.2 Å². The standard InChI is InChI=1S/C12H18ClF3N2O2/c1-11(2,7-13)10(20)18-5-3-8(4-6-18)17-9(19)12(14,15)16/h8H,3-7H2,1-2H3,(H,17,19). The second kappa shape index (κ2) is 6.20. The van der Waals surface area contributed by atoms with Crippen LogP contribution in [0.15, 0.2) is 0 Å². The van der Waals surface area contributed by atoms with Gasteiger partial charge in [0.15, 0.2) is 0 Å². The Labute approximate surface area is 120 Å². The molecule has 1 fully saturated rings. The summed E-state index contributed by atoms with van der Waals surface area (Å²) in [5.41, 5.74) is -0.691. The zero-order valence-electron chi connectivity index (χ0n) is 11.4. The lowest BCUT2D eigenvalue weighted by Crippen LogP contribution is -2.52. The van der Waals surface area contributed by atoms with Gasteiger partial charge in [0.25, 0.3) is 0 Å². The van der Waals surface area contributed by atoms with Crippen molar-refractivity contribution >= 4 is 23.4 Å². The lowest BCUT2D eigenvalue weighted by molar-refractivity contribution is -0.174. The Bertz CT molecular complexity index is 377. The van der Waals surface area contributed by atoms with Gasteiger partial charge in [-0.1, -0.05) is 0 Å². The van der Waals surface area contributed by atoms with Crippen molar-refractivity contribution in [1.82, 2.24) is 10.2 Å². The van der Waals surface area contributed by atoms with Crippen LogP contribution in [0.25, 0.3) is 0 Å². The highest BCUT2D eigenvalue weighted by Crippen LogP contribution is 2.24. The summed E-state index contributed by atoms with van der Waals surface area (Å²) in [5, 5.41) is 1.94. The van der Waals surface area contributed by atoms with Crippen molar-refractivity contribution in [3.05, 3.63) is 0 Å². The predicted octanol–water partition coefficient (Wildman–Crippen LogP) is 1.92. The average Bonchev–Trinajstić information content (AvgIpc) is 2.37. The van der Waals surface area contributed by atoms with Crippen LogP contribution in [0, 0.1) is 5.41 Å². The Morgan fingerprint density at radius 2 is 1.75 bits per heavy atom. The lowest BCUT2D eigenvalue weighted by atomic mass is 9.92. The van der Waals surface area contributed by atoms with Crippen molar-refractivity contribution in [1.29, 1.82) is 0 Å². The summed E-state index contributed by atoms with van der Waals surface area (Å²) in [6.07, 6.45) is -4.24. The summed E-state index contributed by atoms with van der Waals surface area (Å²) in [6, 6.07) is -0.549. The normalized spacial score (nSPS) is 18.0. The molecule has 116 valence electrons. The molecular weight excluding hydrogens is 297 g/mol. The van der Waals surface area contributed by atoms with Crippen LogP contribution in [0.3, 0.4) is 0 Å². The first-order valence-corrected chi connectivity index (χ1v) is 6.84. The molecule has 1 N–H and O–H groups in total. The van der Waals surface area contributed by atoms with Crippen LogP contribution in [0.2, 0.25) is 0 Å². The topological polar surface area (TPSA) is 49.4 Å². The van der Waals surface area contributed by atoms with E-state index in [1.54, 1.807) is 18.7 Å². The molecule has 1 heterocycles. The average molecular weight is 315 g/mol. The van der Waals surface area contributed by atoms with Crippen LogP contribution in [-0.2, 0) is 9.59 Å². The number of carbonyl (C=O) groups excluding carboxylic acids is 2. The third-order valence-corrected chi connectivity index (χ3v) is 3.96. The number of nitrogens with one attached hydrogen (secondary N) is 1. The van der Waals surface area contributed by atoms with Gasteiger partial charge in [0.2, 0.25) is 5.91 Å². The highest BCUT2D eigenvalue weighted by molar-refractivity contribution is 6.19. The van der Waals surface area contributed by atoms with E-state index < -0.39 is 23.5 Å². The summed E-state index contributed by atoms with van der Waals surface area (Å²) in [5.74, 6) is -1.87. The summed E-state index contributed by atoms with van der Waals surface area (Å²) >= 11 is 5.73. The Hall–Kier alpha value is -0.980. The summed E-state index contributed by atoms with van der Waals surface area (Å²) in [7, 11) is 0. The summed E-state index contributed by atoms with van der Waals surface area (Å²) < 4.78 is 36.4. The molecule has 1 saturated heterocycles. The van der Waals surface area contributed by atoms with Gasteiger partial charge in [-0.3, -0.25) is 9.59 Å². The second-order valence-electron chi connectivity index (χ2n) is 5.56. The first-order valence-electron chi connectivity index (χ1n) is 6.31. The molecule has 2 amide bonds. The van der Waals surface area contributed by atoms with Crippen LogP contribution in [0.5, 0.6) is 0 Å². The van der Waals surface area contributed by atoms with Gasteiger partial charge in [0.1, 0.15) is 0 Å². The molecule has 20 heavy (non-hydrogen) atoms. The van der Waals surface area contributed by atoms with Gasteiger partial charge in [-0.05, 0) is 26.7 Å². The molecule has 4 nitrogen and oxygen atoms in total. The smallest absolute Gasteiger partial charge is 0.345 e. The second-order valence-corrected chi connectivity index (χ2v) is 5.82. The lowest BCUT2D eigenvalue weighted by Gasteiger charge is -2.36. The number of hydrogen-bond acceptors (Lipinski definition) is 2. The van der Waals surface area contributed by atoms with Crippen LogP contribution in [0.1, 0.15) is 26.7 Å². The van der Waals surface area contributed by atoms with Gasteiger partial charge >= 0.3 is 12.1 Å². The van der Waals surface area contributed by atoms with Gasteiger partial charge in [-0.15, -0.1) is 11.6 Å². The zero-order chi connectivity index (χ0) is 15.6. The minimum atomic E-state index is -4.87. The van der Waals surface area contributed by atoms with E-state index in [1.165, 1.54) is 0 Å². The molecule has 8 heteroatoms. The molecular formula is C12H18ClF3N2O2. The fourth-order valence-electron chi connectivity index (χ4n) is 1.98. The molecule has 0 aromatic rings. The molecule has 1 rings (SSSR count). The van der Waals surface area contributed by atoms with E-state index in [0.717, 1.165) is 0 Å². The summed E-state index contributed by atoms with van der Waals surface area (Å²) in [4.78, 5) is 24.5. The van der Waals surface area contributed by atoms with Crippen LogP contribution in [-0.4, -0.2) is 47.9 Å². The Morgan fingerprint density at radius 3 is 2.15 bits per heavy atom. The van der Waals surface area contributed by atoms with E-state index in [1.807, 2.05) is 5.32 Å². The molecule has 0 aromatic heterocycles. The number of carbonyl (C=O) groups is 2. The molecule has 0 aliphatic carbocycles. The quantitative estimate of drug-likeness (QED) is 0.809. The SMILES string of the molecule is CC(C)(CCl)C(=O)N1CCC(NC(=O)C(F)(F)F)CC1. The number of nitrogens with zero attached hydrogens (tertiary/aromatic N) is 1. The van der Waals surface area contributed by atoms with Crippen molar-refractivity contribution in [3.8, 4) is 0 Å². The van der Waals surface area contributed by atoms with Gasteiger partial charge in [-0.2, -0.15) is 13.2 Å². The molecule has 1 aliphatic rings. The van der Waals surface area contributed by atoms with E-state index in [-0.39, 0.29) is 11.8 Å². The maximum atomic E-state index is 12.1. The van der Waals surface area contributed by atoms with Crippen molar-refractivity contribution in [2.45, 2.75) is 38.9 Å². The third-order valence-electron chi connectivity index (χ3n) is 3.29. The van der Waals surface area contributed by atoms with Gasteiger partial charge < -0.3 is 10.2 Å². The van der Waals surface area contributed by atoms with Gasteiger partial charge in [0, 0.05) is 25.0 Å². The molecule has 0 saturated carbocycles. The maximum Gasteiger partial charge on any atom is 0.471 e. The van der Waals surface area contributed by atoms with Crippen molar-refractivity contribution < 1.29 is 22.8 Å². The van der Waals surface area contributed by atoms with E-state index in [0.29, 0.717) is 25.9 Å².